The number of hydrogen-bond acceptors (Lipinski definition) is 5. The molecule has 1 aliphatic rings. The zero-order valence-corrected chi connectivity index (χ0v) is 16.7. The lowest BCUT2D eigenvalue weighted by Gasteiger charge is -2.42. The number of ether oxygens (including phenoxy) is 2. The Morgan fingerprint density at radius 1 is 1.12 bits per heavy atom. The van der Waals surface area contributed by atoms with Crippen LogP contribution in [0.3, 0.4) is 0 Å². The Hall–Kier alpha value is -2.08. The Bertz CT molecular complexity index is 648. The molecule has 144 valence electrons. The molecule has 6 heteroatoms. The molecule has 1 aromatic carbocycles. The summed E-state index contributed by atoms with van der Waals surface area (Å²) < 4.78 is 10.6. The van der Waals surface area contributed by atoms with Crippen LogP contribution in [0.2, 0.25) is 0 Å². The van der Waals surface area contributed by atoms with Crippen molar-refractivity contribution in [3.05, 3.63) is 18.2 Å². The van der Waals surface area contributed by atoms with Gasteiger partial charge in [0.2, 0.25) is 11.8 Å². The summed E-state index contributed by atoms with van der Waals surface area (Å²) in [4.78, 5) is 29.4. The fraction of sp³-hybridized carbons (Fsp3) is 0.600. The number of rotatable bonds is 7. The zero-order chi connectivity index (χ0) is 19.5. The Morgan fingerprint density at radius 3 is 2.19 bits per heavy atom. The standard InChI is InChI=1S/C20H30N2O4/c1-20(2)13-18(23)22(19(24)17(20)8-7-9-21(3)4)14-10-15(25-5)12-16(11-14)26-6/h10-12,17H,7-9,13H2,1-6H3. The summed E-state index contributed by atoms with van der Waals surface area (Å²) in [5.74, 6) is 0.583. The van der Waals surface area contributed by atoms with Crippen LogP contribution < -0.4 is 14.4 Å². The third-order valence-electron chi connectivity index (χ3n) is 5.01. The highest BCUT2D eigenvalue weighted by molar-refractivity contribution is 6.18. The van der Waals surface area contributed by atoms with E-state index < -0.39 is 0 Å². The van der Waals surface area contributed by atoms with Crippen LogP contribution in [0.4, 0.5) is 5.69 Å². The topological polar surface area (TPSA) is 59.1 Å². The van der Waals surface area contributed by atoms with E-state index >= 15 is 0 Å². The number of piperidine rings is 1. The molecular formula is C20H30N2O4. The van der Waals surface area contributed by atoms with Gasteiger partial charge in [-0.15, -0.1) is 0 Å². The lowest BCUT2D eigenvalue weighted by molar-refractivity contribution is -0.138. The number of nitrogens with zero attached hydrogens (tertiary/aromatic N) is 2. The highest BCUT2D eigenvalue weighted by Gasteiger charge is 2.46. The van der Waals surface area contributed by atoms with E-state index in [-0.39, 0.29) is 23.1 Å². The average Bonchev–Trinajstić information content (AvgIpc) is 2.56. The molecule has 1 atom stereocenters. The number of carbonyl (C=O) groups excluding carboxylic acids is 2. The van der Waals surface area contributed by atoms with E-state index in [0.717, 1.165) is 19.4 Å². The van der Waals surface area contributed by atoms with Gasteiger partial charge in [0.1, 0.15) is 11.5 Å². The van der Waals surface area contributed by atoms with Gasteiger partial charge in [0.25, 0.3) is 0 Å². The van der Waals surface area contributed by atoms with Crippen LogP contribution in [-0.4, -0.2) is 51.6 Å². The van der Waals surface area contributed by atoms with Crippen LogP contribution in [0.5, 0.6) is 11.5 Å². The molecule has 1 aromatic rings. The van der Waals surface area contributed by atoms with Gasteiger partial charge in [0.05, 0.1) is 19.9 Å². The van der Waals surface area contributed by atoms with Crippen molar-refractivity contribution in [1.82, 2.24) is 4.90 Å². The highest BCUT2D eigenvalue weighted by Crippen LogP contribution is 2.42. The quantitative estimate of drug-likeness (QED) is 0.698. The van der Waals surface area contributed by atoms with Gasteiger partial charge in [0.15, 0.2) is 0 Å². The Morgan fingerprint density at radius 2 is 1.69 bits per heavy atom. The van der Waals surface area contributed by atoms with Gasteiger partial charge in [-0.1, -0.05) is 13.8 Å². The van der Waals surface area contributed by atoms with Crippen molar-refractivity contribution in [2.24, 2.45) is 11.3 Å². The zero-order valence-electron chi connectivity index (χ0n) is 16.7. The van der Waals surface area contributed by atoms with E-state index in [1.54, 1.807) is 32.4 Å². The molecule has 1 heterocycles. The fourth-order valence-corrected chi connectivity index (χ4v) is 3.52. The number of amides is 2. The molecule has 2 rings (SSSR count). The van der Waals surface area contributed by atoms with Gasteiger partial charge in [0, 0.05) is 30.5 Å². The van der Waals surface area contributed by atoms with Crippen molar-refractivity contribution < 1.29 is 19.1 Å². The normalized spacial score (nSPS) is 19.8. The number of benzene rings is 1. The van der Waals surface area contributed by atoms with Crippen LogP contribution in [0.1, 0.15) is 33.1 Å². The summed E-state index contributed by atoms with van der Waals surface area (Å²) in [6.45, 7) is 4.93. The van der Waals surface area contributed by atoms with Crippen molar-refractivity contribution in [3.63, 3.8) is 0 Å². The summed E-state index contributed by atoms with van der Waals surface area (Å²) >= 11 is 0. The maximum absolute atomic E-state index is 13.2. The lowest BCUT2D eigenvalue weighted by Crippen LogP contribution is -2.52. The average molecular weight is 362 g/mol. The molecule has 0 radical (unpaired) electrons. The van der Waals surface area contributed by atoms with Gasteiger partial charge < -0.3 is 14.4 Å². The summed E-state index contributed by atoms with van der Waals surface area (Å²) in [5.41, 5.74) is 0.157. The highest BCUT2D eigenvalue weighted by atomic mass is 16.5. The SMILES string of the molecule is COc1cc(OC)cc(N2C(=O)CC(C)(C)C(CCCN(C)C)C2=O)c1. The maximum atomic E-state index is 13.2. The lowest BCUT2D eigenvalue weighted by atomic mass is 9.70. The molecule has 0 saturated carbocycles. The van der Waals surface area contributed by atoms with Gasteiger partial charge in [-0.05, 0) is 38.9 Å². The van der Waals surface area contributed by atoms with E-state index in [2.05, 4.69) is 4.90 Å². The minimum atomic E-state index is -0.347. The molecular weight excluding hydrogens is 332 g/mol. The third-order valence-corrected chi connectivity index (χ3v) is 5.01. The van der Waals surface area contributed by atoms with Crippen molar-refractivity contribution in [1.29, 1.82) is 0 Å². The predicted octanol–water partition coefficient (Wildman–Crippen LogP) is 2.95. The smallest absolute Gasteiger partial charge is 0.237 e. The predicted molar refractivity (Wildman–Crippen MR) is 102 cm³/mol. The molecule has 1 unspecified atom stereocenters. The van der Waals surface area contributed by atoms with Gasteiger partial charge in [-0.3, -0.25) is 14.5 Å². The molecule has 6 nitrogen and oxygen atoms in total. The first kappa shape index (κ1) is 20.2. The number of hydrogen-bond donors (Lipinski definition) is 0. The second-order valence-electron chi connectivity index (χ2n) is 7.80. The number of carbonyl (C=O) groups is 2. The Kier molecular flexibility index (Phi) is 6.29. The number of anilines is 1. The third kappa shape index (κ3) is 4.36. The van der Waals surface area contributed by atoms with E-state index in [1.807, 2.05) is 27.9 Å². The number of methoxy groups -OCH3 is 2. The minimum absolute atomic E-state index is 0.139. The summed E-state index contributed by atoms with van der Waals surface area (Å²) in [6.07, 6.45) is 2.01. The summed E-state index contributed by atoms with van der Waals surface area (Å²) in [5, 5.41) is 0. The van der Waals surface area contributed by atoms with E-state index in [4.69, 9.17) is 9.47 Å². The molecule has 0 aromatic heterocycles. The van der Waals surface area contributed by atoms with Crippen molar-refractivity contribution in [2.45, 2.75) is 33.1 Å². The maximum Gasteiger partial charge on any atom is 0.237 e. The van der Waals surface area contributed by atoms with Crippen LogP contribution in [0, 0.1) is 11.3 Å². The summed E-state index contributed by atoms with van der Waals surface area (Å²) in [7, 11) is 7.13. The van der Waals surface area contributed by atoms with Crippen molar-refractivity contribution in [2.75, 3.05) is 39.8 Å². The Labute approximate surface area is 156 Å². The molecule has 1 fully saturated rings. The van der Waals surface area contributed by atoms with E-state index in [9.17, 15) is 9.59 Å². The van der Waals surface area contributed by atoms with E-state index in [1.165, 1.54) is 4.90 Å². The largest absolute Gasteiger partial charge is 0.497 e. The fourth-order valence-electron chi connectivity index (χ4n) is 3.52. The van der Waals surface area contributed by atoms with Crippen molar-refractivity contribution >= 4 is 17.5 Å². The van der Waals surface area contributed by atoms with Crippen LogP contribution in [0.15, 0.2) is 18.2 Å². The molecule has 2 amide bonds. The van der Waals surface area contributed by atoms with Crippen LogP contribution in [0.25, 0.3) is 0 Å². The van der Waals surface area contributed by atoms with E-state index in [0.29, 0.717) is 23.6 Å². The first-order valence-electron chi connectivity index (χ1n) is 8.94. The molecule has 0 N–H and O–H groups in total. The minimum Gasteiger partial charge on any atom is -0.497 e. The second-order valence-corrected chi connectivity index (χ2v) is 7.80. The van der Waals surface area contributed by atoms with Crippen LogP contribution >= 0.6 is 0 Å². The van der Waals surface area contributed by atoms with Crippen molar-refractivity contribution in [3.8, 4) is 11.5 Å². The van der Waals surface area contributed by atoms with Gasteiger partial charge in [-0.2, -0.15) is 0 Å². The molecule has 0 aliphatic carbocycles. The molecule has 1 saturated heterocycles. The molecule has 0 spiro atoms. The van der Waals surface area contributed by atoms with Gasteiger partial charge >= 0.3 is 0 Å². The summed E-state index contributed by atoms with van der Waals surface area (Å²) in [6, 6.07) is 5.13. The molecule has 1 aliphatic heterocycles. The van der Waals surface area contributed by atoms with Crippen LogP contribution in [-0.2, 0) is 9.59 Å². The molecule has 0 bridgehead atoms. The van der Waals surface area contributed by atoms with Gasteiger partial charge in [-0.25, -0.2) is 0 Å². The monoisotopic (exact) mass is 362 g/mol. The first-order chi connectivity index (χ1) is 12.2. The number of imide groups is 1. The Balaban J connectivity index is 2.33. The second kappa shape index (κ2) is 8.08. The molecule has 26 heavy (non-hydrogen) atoms. The first-order valence-corrected chi connectivity index (χ1v) is 8.94.